The van der Waals surface area contributed by atoms with E-state index in [1.54, 1.807) is 15.9 Å². The van der Waals surface area contributed by atoms with Crippen LogP contribution in [-0.2, 0) is 35.4 Å². The monoisotopic (exact) mass is 455 g/mol. The Bertz CT molecular complexity index is 1180. The molecular formula is C23H25N3O3S2. The maximum atomic E-state index is 13.2. The second-order valence-electron chi connectivity index (χ2n) is 7.90. The molecule has 31 heavy (non-hydrogen) atoms. The number of amides is 2. The van der Waals surface area contributed by atoms with E-state index < -0.39 is 0 Å². The van der Waals surface area contributed by atoms with Crippen molar-refractivity contribution < 1.29 is 9.59 Å². The number of carbonyl (C=O) groups excluding carboxylic acids is 2. The molecule has 1 aliphatic rings. The molecule has 0 saturated carbocycles. The number of hydrogen-bond acceptors (Lipinski definition) is 6. The summed E-state index contributed by atoms with van der Waals surface area (Å²) in [5.41, 5.74) is 1.99. The quantitative estimate of drug-likeness (QED) is 0.454. The normalized spacial score (nSPS) is 15.6. The van der Waals surface area contributed by atoms with Crippen LogP contribution in [0.4, 0.5) is 0 Å². The number of carbonyl (C=O) groups is 2. The molecule has 2 amide bonds. The van der Waals surface area contributed by atoms with Gasteiger partial charge < -0.3 is 0 Å². The molecule has 3 aromatic rings. The minimum Gasteiger partial charge on any atom is -0.295 e. The van der Waals surface area contributed by atoms with Gasteiger partial charge in [-0.1, -0.05) is 49.0 Å². The van der Waals surface area contributed by atoms with Crippen molar-refractivity contribution in [1.29, 1.82) is 0 Å². The number of rotatable bonds is 6. The van der Waals surface area contributed by atoms with E-state index in [0.29, 0.717) is 17.6 Å². The summed E-state index contributed by atoms with van der Waals surface area (Å²) < 4.78 is 1.64. The molecule has 162 valence electrons. The molecule has 0 spiro atoms. The Morgan fingerprint density at radius 3 is 2.77 bits per heavy atom. The Kier molecular flexibility index (Phi) is 6.57. The lowest BCUT2D eigenvalue weighted by Gasteiger charge is -2.17. The van der Waals surface area contributed by atoms with Crippen LogP contribution in [0.1, 0.15) is 36.3 Å². The average molecular weight is 456 g/mol. The lowest BCUT2D eigenvalue weighted by atomic mass is 9.89. The van der Waals surface area contributed by atoms with Crippen LogP contribution in [0.15, 0.2) is 40.3 Å². The molecule has 1 atom stereocenters. The van der Waals surface area contributed by atoms with E-state index >= 15 is 0 Å². The summed E-state index contributed by atoms with van der Waals surface area (Å²) in [5.74, 6) is -0.0732. The molecule has 0 radical (unpaired) electrons. The molecule has 4 rings (SSSR count). The molecule has 2 heterocycles. The van der Waals surface area contributed by atoms with Gasteiger partial charge in [0.15, 0.2) is 5.16 Å². The van der Waals surface area contributed by atoms with Crippen molar-refractivity contribution in [3.8, 4) is 0 Å². The number of fused-ring (bicyclic) bond motifs is 3. The van der Waals surface area contributed by atoms with Crippen molar-refractivity contribution in [2.45, 2.75) is 51.2 Å². The van der Waals surface area contributed by atoms with Crippen LogP contribution in [0.3, 0.4) is 0 Å². The largest absolute Gasteiger partial charge is 0.295 e. The first-order chi connectivity index (χ1) is 15.0. The van der Waals surface area contributed by atoms with E-state index in [4.69, 9.17) is 4.98 Å². The highest BCUT2D eigenvalue weighted by Crippen LogP contribution is 2.36. The summed E-state index contributed by atoms with van der Waals surface area (Å²) in [7, 11) is 0. The van der Waals surface area contributed by atoms with Crippen LogP contribution in [-0.4, -0.2) is 27.1 Å². The van der Waals surface area contributed by atoms with Crippen molar-refractivity contribution in [3.05, 3.63) is 56.7 Å². The van der Waals surface area contributed by atoms with E-state index in [9.17, 15) is 14.4 Å². The summed E-state index contributed by atoms with van der Waals surface area (Å²) in [4.78, 5) is 44.4. The van der Waals surface area contributed by atoms with Gasteiger partial charge >= 0.3 is 0 Å². The summed E-state index contributed by atoms with van der Waals surface area (Å²) in [6.07, 6.45) is 3.17. The zero-order valence-corrected chi connectivity index (χ0v) is 19.3. The number of thioether (sulfide) groups is 1. The summed E-state index contributed by atoms with van der Waals surface area (Å²) in [6, 6.07) is 9.29. The maximum Gasteiger partial charge on any atom is 0.263 e. The molecule has 0 saturated heterocycles. The van der Waals surface area contributed by atoms with Gasteiger partial charge in [-0.3, -0.25) is 24.3 Å². The first kappa shape index (κ1) is 21.8. The molecule has 0 bridgehead atoms. The molecule has 1 aromatic carbocycles. The Morgan fingerprint density at radius 1 is 1.26 bits per heavy atom. The number of nitrogens with one attached hydrogen (secondary N) is 1. The first-order valence-corrected chi connectivity index (χ1v) is 12.3. The maximum absolute atomic E-state index is 13.2. The zero-order chi connectivity index (χ0) is 22.0. The SMILES string of the molecule is CCn1c(SCC(=O)NC(=O)Cc2ccccc2)nc2sc3c(c2c1=O)CCC(C)C3. The van der Waals surface area contributed by atoms with E-state index in [1.807, 2.05) is 37.3 Å². The van der Waals surface area contributed by atoms with Gasteiger partial charge in [0, 0.05) is 11.4 Å². The summed E-state index contributed by atoms with van der Waals surface area (Å²) >= 11 is 2.80. The fourth-order valence-corrected chi connectivity index (χ4v) is 6.23. The number of aromatic nitrogens is 2. The Balaban J connectivity index is 1.48. The second-order valence-corrected chi connectivity index (χ2v) is 9.92. The molecule has 1 N–H and O–H groups in total. The average Bonchev–Trinajstić information content (AvgIpc) is 3.10. The Labute approximate surface area is 189 Å². The third-order valence-corrected chi connectivity index (χ3v) is 7.64. The second kappa shape index (κ2) is 9.36. The van der Waals surface area contributed by atoms with E-state index in [0.717, 1.165) is 35.0 Å². The van der Waals surface area contributed by atoms with Crippen LogP contribution in [0.5, 0.6) is 0 Å². The lowest BCUT2D eigenvalue weighted by Crippen LogP contribution is -2.33. The van der Waals surface area contributed by atoms with Crippen LogP contribution in [0.25, 0.3) is 10.2 Å². The standard InChI is InChI=1S/C23H25N3O3S2/c1-3-26-22(29)20-16-10-9-14(2)11-17(16)31-21(20)25-23(26)30-13-19(28)24-18(27)12-15-7-5-4-6-8-15/h4-8,14H,3,9-13H2,1-2H3,(H,24,27,28). The highest BCUT2D eigenvalue weighted by atomic mass is 32.2. The number of imide groups is 1. The fraction of sp³-hybridized carbons (Fsp3) is 0.391. The molecule has 0 aliphatic heterocycles. The topological polar surface area (TPSA) is 81.1 Å². The molecule has 6 nitrogen and oxygen atoms in total. The Morgan fingerprint density at radius 2 is 2.03 bits per heavy atom. The Hall–Kier alpha value is -2.45. The van der Waals surface area contributed by atoms with Crippen LogP contribution < -0.4 is 10.9 Å². The van der Waals surface area contributed by atoms with Gasteiger partial charge in [0.2, 0.25) is 11.8 Å². The molecule has 1 unspecified atom stereocenters. The van der Waals surface area contributed by atoms with Gasteiger partial charge in [-0.25, -0.2) is 4.98 Å². The third kappa shape index (κ3) is 4.75. The number of hydrogen-bond donors (Lipinski definition) is 1. The number of nitrogens with zero attached hydrogens (tertiary/aromatic N) is 2. The van der Waals surface area contributed by atoms with Crippen molar-refractivity contribution in [3.63, 3.8) is 0 Å². The van der Waals surface area contributed by atoms with Gasteiger partial charge in [0.25, 0.3) is 5.56 Å². The van der Waals surface area contributed by atoms with Crippen LogP contribution in [0.2, 0.25) is 0 Å². The van der Waals surface area contributed by atoms with Crippen molar-refractivity contribution >= 4 is 45.1 Å². The van der Waals surface area contributed by atoms with Crippen molar-refractivity contribution in [2.24, 2.45) is 5.92 Å². The lowest BCUT2D eigenvalue weighted by molar-refractivity contribution is -0.128. The van der Waals surface area contributed by atoms with Gasteiger partial charge in [0.1, 0.15) is 4.83 Å². The van der Waals surface area contributed by atoms with Gasteiger partial charge in [0.05, 0.1) is 17.6 Å². The highest BCUT2D eigenvalue weighted by Gasteiger charge is 2.24. The molecule has 1 aliphatic carbocycles. The molecule has 8 heteroatoms. The smallest absolute Gasteiger partial charge is 0.263 e. The first-order valence-electron chi connectivity index (χ1n) is 10.5. The number of thiophene rings is 1. The van der Waals surface area contributed by atoms with Crippen molar-refractivity contribution in [2.75, 3.05) is 5.75 Å². The highest BCUT2D eigenvalue weighted by molar-refractivity contribution is 7.99. The van der Waals surface area contributed by atoms with Crippen LogP contribution in [0, 0.1) is 5.92 Å². The minimum atomic E-state index is -0.387. The van der Waals surface area contributed by atoms with Gasteiger partial charge in [-0.2, -0.15) is 0 Å². The number of aryl methyl sites for hydroxylation is 1. The summed E-state index contributed by atoms with van der Waals surface area (Å²) in [5, 5.41) is 3.70. The zero-order valence-electron chi connectivity index (χ0n) is 17.6. The molecule has 2 aromatic heterocycles. The predicted octanol–water partition coefficient (Wildman–Crippen LogP) is 3.58. The molecule has 0 fully saturated rings. The van der Waals surface area contributed by atoms with Gasteiger partial charge in [-0.15, -0.1) is 11.3 Å². The number of benzene rings is 1. The van der Waals surface area contributed by atoms with E-state index in [2.05, 4.69) is 12.2 Å². The van der Waals surface area contributed by atoms with Crippen LogP contribution >= 0.6 is 23.1 Å². The van der Waals surface area contributed by atoms with E-state index in [-0.39, 0.29) is 29.5 Å². The molecular weight excluding hydrogens is 430 g/mol. The predicted molar refractivity (Wildman–Crippen MR) is 125 cm³/mol. The summed E-state index contributed by atoms with van der Waals surface area (Å²) in [6.45, 7) is 4.63. The third-order valence-electron chi connectivity index (χ3n) is 5.52. The minimum absolute atomic E-state index is 0.0254. The van der Waals surface area contributed by atoms with Crippen molar-refractivity contribution in [1.82, 2.24) is 14.9 Å². The van der Waals surface area contributed by atoms with Gasteiger partial charge in [-0.05, 0) is 43.2 Å². The fourth-order valence-electron chi connectivity index (χ4n) is 3.94. The van der Waals surface area contributed by atoms with E-state index in [1.165, 1.54) is 22.2 Å².